The van der Waals surface area contributed by atoms with Crippen molar-refractivity contribution in [1.29, 1.82) is 0 Å². The highest BCUT2D eigenvalue weighted by atomic mass is 32.2. The molecule has 1 unspecified atom stereocenters. The van der Waals surface area contributed by atoms with Crippen LogP contribution < -0.4 is 5.73 Å². The van der Waals surface area contributed by atoms with Gasteiger partial charge < -0.3 is 10.5 Å². The van der Waals surface area contributed by atoms with Crippen molar-refractivity contribution >= 4 is 16.0 Å². The Kier molecular flexibility index (Phi) is 4.97. The Morgan fingerprint density at radius 3 is 2.57 bits per heavy atom. The summed E-state index contributed by atoms with van der Waals surface area (Å²) in [6, 6.07) is 6.34. The number of methoxy groups -OCH3 is 1. The summed E-state index contributed by atoms with van der Waals surface area (Å²) in [5, 5.41) is 0. The minimum absolute atomic E-state index is 0.135. The number of nitrogens with two attached hydrogens (primary N) is 1. The van der Waals surface area contributed by atoms with Gasteiger partial charge >= 0.3 is 5.97 Å². The van der Waals surface area contributed by atoms with Crippen LogP contribution in [0, 0.1) is 5.92 Å². The first-order chi connectivity index (χ1) is 9.97. The molecule has 0 aliphatic carbocycles. The summed E-state index contributed by atoms with van der Waals surface area (Å²) >= 11 is 0. The van der Waals surface area contributed by atoms with Gasteiger partial charge in [0, 0.05) is 13.1 Å². The second kappa shape index (κ2) is 6.55. The standard InChI is InChI=1S/C14H20N2O4S/c1-20-14(17)8-11-2-4-13(5-3-11)21(18,19)16-7-6-12(9-15)10-16/h2-5,12H,6-10,15H2,1H3. The SMILES string of the molecule is COC(=O)Cc1ccc(S(=O)(=O)N2CCC(CN)C2)cc1. The molecule has 0 bridgehead atoms. The van der Waals surface area contributed by atoms with Gasteiger partial charge in [-0.1, -0.05) is 12.1 Å². The molecule has 1 saturated heterocycles. The molecule has 1 atom stereocenters. The quantitative estimate of drug-likeness (QED) is 0.794. The Morgan fingerprint density at radius 1 is 1.38 bits per heavy atom. The molecule has 116 valence electrons. The van der Waals surface area contributed by atoms with E-state index in [0.29, 0.717) is 19.6 Å². The van der Waals surface area contributed by atoms with Crippen LogP contribution in [0.15, 0.2) is 29.2 Å². The van der Waals surface area contributed by atoms with Gasteiger partial charge in [-0.2, -0.15) is 4.31 Å². The van der Waals surface area contributed by atoms with Gasteiger partial charge in [0.05, 0.1) is 18.4 Å². The topological polar surface area (TPSA) is 89.7 Å². The fourth-order valence-electron chi connectivity index (χ4n) is 2.37. The molecule has 2 N–H and O–H groups in total. The van der Waals surface area contributed by atoms with Crippen molar-refractivity contribution in [3.05, 3.63) is 29.8 Å². The Hall–Kier alpha value is -1.44. The number of ether oxygens (including phenoxy) is 1. The van der Waals surface area contributed by atoms with Crippen LogP contribution in [-0.4, -0.2) is 45.4 Å². The first-order valence-corrected chi connectivity index (χ1v) is 8.27. The number of carbonyl (C=O) groups excluding carboxylic acids is 1. The molecule has 7 heteroatoms. The van der Waals surface area contributed by atoms with E-state index in [-0.39, 0.29) is 23.2 Å². The summed E-state index contributed by atoms with van der Waals surface area (Å²) in [6.45, 7) is 1.49. The van der Waals surface area contributed by atoms with E-state index in [1.807, 2.05) is 0 Å². The lowest BCUT2D eigenvalue weighted by atomic mass is 10.1. The Labute approximate surface area is 124 Å². The molecule has 1 heterocycles. The minimum Gasteiger partial charge on any atom is -0.469 e. The zero-order valence-corrected chi connectivity index (χ0v) is 12.8. The summed E-state index contributed by atoms with van der Waals surface area (Å²) in [4.78, 5) is 11.4. The van der Waals surface area contributed by atoms with Crippen LogP contribution in [0.5, 0.6) is 0 Å². The van der Waals surface area contributed by atoms with Crippen molar-refractivity contribution in [3.63, 3.8) is 0 Å². The lowest BCUT2D eigenvalue weighted by Gasteiger charge is -2.16. The van der Waals surface area contributed by atoms with Gasteiger partial charge in [0.15, 0.2) is 0 Å². The zero-order chi connectivity index (χ0) is 15.5. The highest BCUT2D eigenvalue weighted by Gasteiger charge is 2.31. The maximum Gasteiger partial charge on any atom is 0.309 e. The maximum absolute atomic E-state index is 12.5. The average Bonchev–Trinajstić information content (AvgIpc) is 2.97. The molecule has 0 aromatic heterocycles. The molecule has 0 radical (unpaired) electrons. The zero-order valence-electron chi connectivity index (χ0n) is 12.0. The maximum atomic E-state index is 12.5. The molecular formula is C14H20N2O4S. The van der Waals surface area contributed by atoms with Crippen molar-refractivity contribution in [1.82, 2.24) is 4.31 Å². The van der Waals surface area contributed by atoms with Crippen molar-refractivity contribution in [2.24, 2.45) is 11.7 Å². The van der Waals surface area contributed by atoms with Gasteiger partial charge in [-0.05, 0) is 36.6 Å². The van der Waals surface area contributed by atoms with Gasteiger partial charge in [0.2, 0.25) is 10.0 Å². The van der Waals surface area contributed by atoms with E-state index >= 15 is 0 Å². The van der Waals surface area contributed by atoms with Crippen LogP contribution in [0.25, 0.3) is 0 Å². The van der Waals surface area contributed by atoms with Gasteiger partial charge in [0.25, 0.3) is 0 Å². The highest BCUT2D eigenvalue weighted by molar-refractivity contribution is 7.89. The molecule has 1 fully saturated rings. The molecule has 1 aliphatic heterocycles. The van der Waals surface area contributed by atoms with Gasteiger partial charge in [-0.3, -0.25) is 4.79 Å². The third-order valence-electron chi connectivity index (χ3n) is 3.72. The number of sulfonamides is 1. The summed E-state index contributed by atoms with van der Waals surface area (Å²) in [5.74, 6) is -0.116. The lowest BCUT2D eigenvalue weighted by Crippen LogP contribution is -2.30. The molecule has 21 heavy (non-hydrogen) atoms. The van der Waals surface area contributed by atoms with E-state index in [0.717, 1.165) is 12.0 Å². The Bertz CT molecular complexity index is 598. The Balaban J connectivity index is 2.12. The fraction of sp³-hybridized carbons (Fsp3) is 0.500. The smallest absolute Gasteiger partial charge is 0.309 e. The summed E-state index contributed by atoms with van der Waals surface area (Å²) < 4.78 is 31.0. The van der Waals surface area contributed by atoms with Crippen LogP contribution in [0.1, 0.15) is 12.0 Å². The van der Waals surface area contributed by atoms with E-state index in [1.54, 1.807) is 12.1 Å². The van der Waals surface area contributed by atoms with Crippen LogP contribution in [-0.2, 0) is 26.0 Å². The molecule has 0 spiro atoms. The molecule has 1 aliphatic rings. The minimum atomic E-state index is -3.47. The molecule has 0 saturated carbocycles. The van der Waals surface area contributed by atoms with Crippen molar-refractivity contribution in [3.8, 4) is 0 Å². The predicted molar refractivity (Wildman–Crippen MR) is 78.1 cm³/mol. The number of benzene rings is 1. The second-order valence-electron chi connectivity index (χ2n) is 5.15. The van der Waals surface area contributed by atoms with Crippen molar-refractivity contribution in [2.75, 3.05) is 26.7 Å². The predicted octanol–water partition coefficient (Wildman–Crippen LogP) is 0.371. The van der Waals surface area contributed by atoms with E-state index < -0.39 is 10.0 Å². The Morgan fingerprint density at radius 2 is 2.05 bits per heavy atom. The third kappa shape index (κ3) is 3.61. The van der Waals surface area contributed by atoms with Gasteiger partial charge in [-0.15, -0.1) is 0 Å². The van der Waals surface area contributed by atoms with Gasteiger partial charge in [-0.25, -0.2) is 8.42 Å². The number of nitrogens with zero attached hydrogens (tertiary/aromatic N) is 1. The van der Waals surface area contributed by atoms with Gasteiger partial charge in [0.1, 0.15) is 0 Å². The molecule has 1 aromatic carbocycles. The van der Waals surface area contributed by atoms with Crippen molar-refractivity contribution < 1.29 is 17.9 Å². The van der Waals surface area contributed by atoms with Crippen LogP contribution in [0.4, 0.5) is 0 Å². The summed E-state index contributed by atoms with van der Waals surface area (Å²) in [7, 11) is -2.15. The summed E-state index contributed by atoms with van der Waals surface area (Å²) in [6.07, 6.45) is 0.936. The monoisotopic (exact) mass is 312 g/mol. The largest absolute Gasteiger partial charge is 0.469 e. The number of hydrogen-bond donors (Lipinski definition) is 1. The third-order valence-corrected chi connectivity index (χ3v) is 5.60. The average molecular weight is 312 g/mol. The van der Waals surface area contributed by atoms with Crippen molar-refractivity contribution in [2.45, 2.75) is 17.7 Å². The second-order valence-corrected chi connectivity index (χ2v) is 7.09. The van der Waals surface area contributed by atoms with Crippen LogP contribution >= 0.6 is 0 Å². The fourth-order valence-corrected chi connectivity index (χ4v) is 3.91. The molecular weight excluding hydrogens is 292 g/mol. The molecule has 6 nitrogen and oxygen atoms in total. The number of carbonyl (C=O) groups is 1. The number of esters is 1. The first-order valence-electron chi connectivity index (χ1n) is 6.83. The van der Waals surface area contributed by atoms with E-state index in [9.17, 15) is 13.2 Å². The lowest BCUT2D eigenvalue weighted by molar-refractivity contribution is -0.139. The van der Waals surface area contributed by atoms with Crippen LogP contribution in [0.2, 0.25) is 0 Å². The van der Waals surface area contributed by atoms with E-state index in [4.69, 9.17) is 5.73 Å². The molecule has 0 amide bonds. The number of hydrogen-bond acceptors (Lipinski definition) is 5. The first kappa shape index (κ1) is 15.9. The molecule has 2 rings (SSSR count). The molecule has 1 aromatic rings. The highest BCUT2D eigenvalue weighted by Crippen LogP contribution is 2.24. The summed E-state index contributed by atoms with van der Waals surface area (Å²) in [5.41, 5.74) is 6.32. The van der Waals surface area contributed by atoms with E-state index in [1.165, 1.54) is 23.5 Å². The normalized spacial score (nSPS) is 19.6. The van der Waals surface area contributed by atoms with E-state index in [2.05, 4.69) is 4.74 Å². The van der Waals surface area contributed by atoms with Crippen LogP contribution in [0.3, 0.4) is 0 Å². The number of rotatable bonds is 5.